The normalized spacial score (nSPS) is 12.2. The van der Waals surface area contributed by atoms with Gasteiger partial charge in [-0.25, -0.2) is 4.98 Å². The lowest BCUT2D eigenvalue weighted by Crippen LogP contribution is -2.23. The van der Waals surface area contributed by atoms with Crippen molar-refractivity contribution >= 4 is 23.4 Å². The van der Waals surface area contributed by atoms with E-state index in [1.807, 2.05) is 41.8 Å². The highest BCUT2D eigenvalue weighted by atomic mass is 35.5. The monoisotopic (exact) mass is 360 g/mol. The molecule has 1 unspecified atom stereocenters. The summed E-state index contributed by atoms with van der Waals surface area (Å²) in [6, 6.07) is 14.1. The molecule has 0 bridgehead atoms. The highest BCUT2D eigenvalue weighted by Gasteiger charge is 2.12. The van der Waals surface area contributed by atoms with Crippen LogP contribution in [0.25, 0.3) is 11.0 Å². The van der Waals surface area contributed by atoms with Crippen molar-refractivity contribution in [1.82, 2.24) is 9.55 Å². The van der Waals surface area contributed by atoms with Crippen LogP contribution in [0.4, 0.5) is 0 Å². The molecule has 1 atom stereocenters. The van der Waals surface area contributed by atoms with Crippen LogP contribution in [-0.2, 0) is 6.54 Å². The van der Waals surface area contributed by atoms with Crippen molar-refractivity contribution in [3.05, 3.63) is 59.9 Å². The maximum Gasteiger partial charge on any atom is 0.123 e. The first kappa shape index (κ1) is 19.3. The number of fused-ring (bicyclic) bond motifs is 1. The lowest BCUT2D eigenvalue weighted by atomic mass is 10.0. The highest BCUT2D eigenvalue weighted by Crippen LogP contribution is 2.27. The molecule has 3 aromatic rings. The van der Waals surface area contributed by atoms with Crippen LogP contribution in [0, 0.1) is 6.92 Å². The van der Waals surface area contributed by atoms with Gasteiger partial charge in [0.1, 0.15) is 18.5 Å². The largest absolute Gasteiger partial charge is 0.491 e. The molecule has 1 aromatic heterocycles. The molecule has 1 N–H and O–H groups in total. The summed E-state index contributed by atoms with van der Waals surface area (Å²) >= 11 is 0. The first-order valence-electron chi connectivity index (χ1n) is 8.36. The maximum absolute atomic E-state index is 10.4. The zero-order valence-corrected chi connectivity index (χ0v) is 15.7. The second-order valence-corrected chi connectivity index (χ2v) is 6.55. The molecule has 0 spiro atoms. The highest BCUT2D eigenvalue weighted by molar-refractivity contribution is 5.85. The van der Waals surface area contributed by atoms with Gasteiger partial charge in [-0.05, 0) is 42.2 Å². The Morgan fingerprint density at radius 1 is 1.16 bits per heavy atom. The lowest BCUT2D eigenvalue weighted by Gasteiger charge is -2.18. The van der Waals surface area contributed by atoms with E-state index in [1.165, 1.54) is 5.56 Å². The number of rotatable bonds is 6. The van der Waals surface area contributed by atoms with Crippen LogP contribution in [0.3, 0.4) is 0 Å². The Morgan fingerprint density at radius 2 is 1.92 bits per heavy atom. The number of aliphatic hydroxyl groups excluding tert-OH is 1. The molecule has 0 aliphatic heterocycles. The van der Waals surface area contributed by atoms with Crippen LogP contribution >= 0.6 is 12.4 Å². The standard InChI is InChI=1S/C20H24N2O2.ClH/c1-14(2)17-9-8-15(3)10-20(17)24-12-16(23)11-22-13-21-18-6-4-5-7-19(18)22;/h4-10,13-14,16,23H,11-12H2,1-3H3;1H. The number of aryl methyl sites for hydroxylation is 1. The van der Waals surface area contributed by atoms with Crippen LogP contribution in [0.15, 0.2) is 48.8 Å². The van der Waals surface area contributed by atoms with Gasteiger partial charge in [0.15, 0.2) is 0 Å². The molecule has 0 aliphatic carbocycles. The summed E-state index contributed by atoms with van der Waals surface area (Å²) in [5.74, 6) is 1.25. The Hall–Kier alpha value is -2.04. The fraction of sp³-hybridized carbons (Fsp3) is 0.350. The van der Waals surface area contributed by atoms with Crippen LogP contribution in [0.1, 0.15) is 30.9 Å². The summed E-state index contributed by atoms with van der Waals surface area (Å²) in [4.78, 5) is 4.35. The van der Waals surface area contributed by atoms with Gasteiger partial charge in [-0.3, -0.25) is 0 Å². The van der Waals surface area contributed by atoms with Gasteiger partial charge in [0, 0.05) is 0 Å². The van der Waals surface area contributed by atoms with E-state index in [0.717, 1.165) is 22.3 Å². The van der Waals surface area contributed by atoms with Gasteiger partial charge in [0.05, 0.1) is 23.9 Å². The Labute approximate surface area is 154 Å². The summed E-state index contributed by atoms with van der Waals surface area (Å²) in [6.07, 6.45) is 1.17. The predicted octanol–water partition coefficient (Wildman–Crippen LogP) is 4.33. The maximum atomic E-state index is 10.4. The smallest absolute Gasteiger partial charge is 0.123 e. The second kappa shape index (κ2) is 8.37. The second-order valence-electron chi connectivity index (χ2n) is 6.55. The van der Waals surface area contributed by atoms with Gasteiger partial charge >= 0.3 is 0 Å². The third kappa shape index (κ3) is 4.53. The van der Waals surface area contributed by atoms with E-state index in [-0.39, 0.29) is 19.0 Å². The summed E-state index contributed by atoms with van der Waals surface area (Å²) in [7, 11) is 0. The number of benzene rings is 2. The number of aliphatic hydroxyl groups is 1. The van der Waals surface area contributed by atoms with Gasteiger partial charge in [-0.1, -0.05) is 38.1 Å². The molecule has 0 fully saturated rings. The van der Waals surface area contributed by atoms with E-state index in [2.05, 4.69) is 31.0 Å². The Morgan fingerprint density at radius 3 is 2.68 bits per heavy atom. The molecule has 134 valence electrons. The van der Waals surface area contributed by atoms with Crippen LogP contribution < -0.4 is 4.74 Å². The molecular weight excluding hydrogens is 336 g/mol. The summed E-state index contributed by atoms with van der Waals surface area (Å²) in [5, 5.41) is 10.4. The van der Waals surface area contributed by atoms with Gasteiger partial charge in [-0.15, -0.1) is 12.4 Å². The average Bonchev–Trinajstić information content (AvgIpc) is 2.96. The Bertz CT molecular complexity index is 829. The first-order valence-corrected chi connectivity index (χ1v) is 8.36. The number of hydrogen-bond donors (Lipinski definition) is 1. The molecule has 5 heteroatoms. The topological polar surface area (TPSA) is 47.3 Å². The van der Waals surface area contributed by atoms with E-state index < -0.39 is 6.10 Å². The van der Waals surface area contributed by atoms with Crippen LogP contribution in [0.5, 0.6) is 5.75 Å². The number of para-hydroxylation sites is 2. The number of ether oxygens (including phenoxy) is 1. The van der Waals surface area contributed by atoms with Crippen LogP contribution in [-0.4, -0.2) is 27.4 Å². The van der Waals surface area contributed by atoms with Crippen molar-refractivity contribution < 1.29 is 9.84 Å². The van der Waals surface area contributed by atoms with E-state index in [9.17, 15) is 5.11 Å². The summed E-state index contributed by atoms with van der Waals surface area (Å²) in [6.45, 7) is 7.06. The average molecular weight is 361 g/mol. The van der Waals surface area contributed by atoms with Crippen molar-refractivity contribution in [1.29, 1.82) is 0 Å². The minimum Gasteiger partial charge on any atom is -0.491 e. The number of nitrogens with zero attached hydrogens (tertiary/aromatic N) is 2. The molecule has 0 amide bonds. The SMILES string of the molecule is Cc1ccc(C(C)C)c(OCC(O)Cn2cnc3ccccc32)c1.Cl. The van der Waals surface area contributed by atoms with Crippen molar-refractivity contribution in [3.8, 4) is 5.75 Å². The van der Waals surface area contributed by atoms with Crippen molar-refractivity contribution in [2.24, 2.45) is 0 Å². The zero-order chi connectivity index (χ0) is 17.1. The van der Waals surface area contributed by atoms with Gasteiger partial charge in [-0.2, -0.15) is 0 Å². The fourth-order valence-electron chi connectivity index (χ4n) is 2.87. The van der Waals surface area contributed by atoms with E-state index in [4.69, 9.17) is 4.74 Å². The van der Waals surface area contributed by atoms with Crippen molar-refractivity contribution in [2.75, 3.05) is 6.61 Å². The molecule has 4 nitrogen and oxygen atoms in total. The first-order chi connectivity index (χ1) is 11.5. The third-order valence-corrected chi connectivity index (χ3v) is 4.16. The molecule has 3 rings (SSSR count). The van der Waals surface area contributed by atoms with Gasteiger partial charge in [0.2, 0.25) is 0 Å². The molecule has 0 saturated carbocycles. The summed E-state index contributed by atoms with van der Waals surface area (Å²) in [5.41, 5.74) is 4.28. The minimum atomic E-state index is -0.594. The van der Waals surface area contributed by atoms with Crippen molar-refractivity contribution in [2.45, 2.75) is 39.3 Å². The van der Waals surface area contributed by atoms with Gasteiger partial charge in [0.25, 0.3) is 0 Å². The van der Waals surface area contributed by atoms with E-state index in [1.54, 1.807) is 6.33 Å². The third-order valence-electron chi connectivity index (χ3n) is 4.16. The summed E-state index contributed by atoms with van der Waals surface area (Å²) < 4.78 is 7.88. The van der Waals surface area contributed by atoms with E-state index in [0.29, 0.717) is 12.5 Å². The molecule has 0 radical (unpaired) electrons. The molecule has 0 aliphatic rings. The van der Waals surface area contributed by atoms with Crippen LogP contribution in [0.2, 0.25) is 0 Å². The van der Waals surface area contributed by atoms with Crippen molar-refractivity contribution in [3.63, 3.8) is 0 Å². The fourth-order valence-corrected chi connectivity index (χ4v) is 2.87. The predicted molar refractivity (Wildman–Crippen MR) is 104 cm³/mol. The Balaban J connectivity index is 0.00000225. The Kier molecular flexibility index (Phi) is 6.45. The minimum absolute atomic E-state index is 0. The number of aromatic nitrogens is 2. The number of imidazole rings is 1. The molecule has 0 saturated heterocycles. The number of halogens is 1. The number of hydrogen-bond acceptors (Lipinski definition) is 3. The van der Waals surface area contributed by atoms with Gasteiger partial charge < -0.3 is 14.4 Å². The molecule has 25 heavy (non-hydrogen) atoms. The molecule has 1 heterocycles. The quantitative estimate of drug-likeness (QED) is 0.711. The molecular formula is C20H25ClN2O2. The lowest BCUT2D eigenvalue weighted by molar-refractivity contribution is 0.0928. The zero-order valence-electron chi connectivity index (χ0n) is 14.8. The van der Waals surface area contributed by atoms with E-state index >= 15 is 0 Å². The molecule has 2 aromatic carbocycles.